The van der Waals surface area contributed by atoms with Crippen LogP contribution in [0.15, 0.2) is 48.6 Å². The number of aliphatic hydroxyl groups is 1. The number of hydrogen-bond acceptors (Lipinski definition) is 15. The number of carbonyl (C=O) groups excluding carboxylic acids is 4. The van der Waals surface area contributed by atoms with E-state index in [0.29, 0.717) is 25.7 Å². The number of allylic oxidation sites excluding steroid dienone is 8. The molecule has 0 aromatic heterocycles. The second-order valence-corrected chi connectivity index (χ2v) is 29.2. The summed E-state index contributed by atoms with van der Waals surface area (Å²) < 4.78 is 68.5. The van der Waals surface area contributed by atoms with Gasteiger partial charge in [0.05, 0.1) is 26.4 Å². The summed E-state index contributed by atoms with van der Waals surface area (Å²) in [6, 6.07) is 0. The molecule has 0 aromatic carbocycles. The molecule has 0 aliphatic rings. The molecule has 3 N–H and O–H groups in total. The highest BCUT2D eigenvalue weighted by Gasteiger charge is 2.30. The predicted molar refractivity (Wildman–Crippen MR) is 390 cm³/mol. The molecule has 0 rings (SSSR count). The summed E-state index contributed by atoms with van der Waals surface area (Å²) in [4.78, 5) is 72.8. The van der Waals surface area contributed by atoms with E-state index in [4.69, 9.17) is 37.0 Å². The van der Waals surface area contributed by atoms with Crippen molar-refractivity contribution in [3.05, 3.63) is 48.6 Å². The third-order valence-corrected chi connectivity index (χ3v) is 18.6. The van der Waals surface area contributed by atoms with Gasteiger partial charge in [0.1, 0.15) is 19.3 Å². The number of ether oxygens (including phenoxy) is 4. The summed E-state index contributed by atoms with van der Waals surface area (Å²) in [7, 11) is -9.94. The van der Waals surface area contributed by atoms with Gasteiger partial charge in [0.25, 0.3) is 0 Å². The van der Waals surface area contributed by atoms with Crippen LogP contribution in [0.4, 0.5) is 0 Å². The van der Waals surface area contributed by atoms with Crippen LogP contribution < -0.4 is 0 Å². The van der Waals surface area contributed by atoms with E-state index < -0.39 is 97.5 Å². The van der Waals surface area contributed by atoms with E-state index in [2.05, 4.69) is 76.3 Å². The third-order valence-electron chi connectivity index (χ3n) is 16.7. The first-order valence-corrected chi connectivity index (χ1v) is 41.9. The van der Waals surface area contributed by atoms with E-state index in [1.807, 2.05) is 0 Å². The van der Waals surface area contributed by atoms with Gasteiger partial charge in [-0.05, 0) is 128 Å². The molecular formula is C77H142O17P2. The Labute approximate surface area is 585 Å². The van der Waals surface area contributed by atoms with Gasteiger partial charge in [-0.2, -0.15) is 0 Å². The Morgan fingerprint density at radius 2 is 0.479 bits per heavy atom. The van der Waals surface area contributed by atoms with E-state index in [1.54, 1.807) is 0 Å². The van der Waals surface area contributed by atoms with Crippen molar-refractivity contribution in [3.63, 3.8) is 0 Å². The molecule has 0 aliphatic carbocycles. The van der Waals surface area contributed by atoms with Crippen LogP contribution in [-0.4, -0.2) is 96.7 Å². The van der Waals surface area contributed by atoms with Gasteiger partial charge in [-0.25, -0.2) is 9.13 Å². The van der Waals surface area contributed by atoms with Crippen LogP contribution in [0.3, 0.4) is 0 Å². The second-order valence-electron chi connectivity index (χ2n) is 26.3. The molecule has 0 spiro atoms. The lowest BCUT2D eigenvalue weighted by molar-refractivity contribution is -0.161. The van der Waals surface area contributed by atoms with Crippen LogP contribution >= 0.6 is 15.6 Å². The van der Waals surface area contributed by atoms with Crippen molar-refractivity contribution in [3.8, 4) is 0 Å². The third kappa shape index (κ3) is 69.5. The van der Waals surface area contributed by atoms with Crippen molar-refractivity contribution in [2.75, 3.05) is 39.6 Å². The topological polar surface area (TPSA) is 237 Å². The molecule has 0 amide bonds. The van der Waals surface area contributed by atoms with Crippen molar-refractivity contribution in [2.45, 2.75) is 380 Å². The lowest BCUT2D eigenvalue weighted by Crippen LogP contribution is -2.30. The maximum atomic E-state index is 13.1. The number of carbonyl (C=O) groups is 4. The fraction of sp³-hybridized carbons (Fsp3) is 0.844. The lowest BCUT2D eigenvalue weighted by atomic mass is 10.1. The summed E-state index contributed by atoms with van der Waals surface area (Å²) in [5.41, 5.74) is 0. The van der Waals surface area contributed by atoms with Gasteiger partial charge in [0, 0.05) is 25.7 Å². The van der Waals surface area contributed by atoms with Crippen molar-refractivity contribution >= 4 is 39.5 Å². The van der Waals surface area contributed by atoms with E-state index in [-0.39, 0.29) is 25.7 Å². The van der Waals surface area contributed by atoms with Gasteiger partial charge in [-0.1, -0.05) is 256 Å². The average Bonchev–Trinajstić information content (AvgIpc) is 1.14. The van der Waals surface area contributed by atoms with Crippen molar-refractivity contribution in [2.24, 2.45) is 0 Å². The normalized spacial score (nSPS) is 14.2. The molecule has 96 heavy (non-hydrogen) atoms. The number of esters is 4. The average molecular weight is 1400 g/mol. The maximum Gasteiger partial charge on any atom is 0.472 e. The predicted octanol–water partition coefficient (Wildman–Crippen LogP) is 22.1. The Morgan fingerprint density at radius 1 is 0.281 bits per heavy atom. The van der Waals surface area contributed by atoms with Gasteiger partial charge in [-0.15, -0.1) is 0 Å². The number of phosphoric ester groups is 2. The number of rotatable bonds is 74. The number of aliphatic hydroxyl groups excluding tert-OH is 1. The minimum absolute atomic E-state index is 0.0880. The Hall–Kier alpha value is -2.98. The van der Waals surface area contributed by atoms with E-state index in [1.165, 1.54) is 128 Å². The first-order valence-electron chi connectivity index (χ1n) is 38.9. The van der Waals surface area contributed by atoms with Crippen molar-refractivity contribution in [1.29, 1.82) is 0 Å². The van der Waals surface area contributed by atoms with Gasteiger partial charge in [0.15, 0.2) is 12.2 Å². The molecule has 0 radical (unpaired) electrons. The molecule has 0 saturated carbocycles. The van der Waals surface area contributed by atoms with Gasteiger partial charge >= 0.3 is 39.5 Å². The zero-order valence-electron chi connectivity index (χ0n) is 61.3. The van der Waals surface area contributed by atoms with Crippen molar-refractivity contribution in [1.82, 2.24) is 0 Å². The van der Waals surface area contributed by atoms with Gasteiger partial charge in [0.2, 0.25) is 0 Å². The molecule has 0 aromatic rings. The van der Waals surface area contributed by atoms with Crippen molar-refractivity contribution < 1.29 is 80.2 Å². The van der Waals surface area contributed by atoms with E-state index in [9.17, 15) is 43.2 Å². The summed E-state index contributed by atoms with van der Waals surface area (Å²) >= 11 is 0. The summed E-state index contributed by atoms with van der Waals surface area (Å²) in [6.45, 7) is 4.85. The highest BCUT2D eigenvalue weighted by Crippen LogP contribution is 2.45. The minimum atomic E-state index is -4.97. The van der Waals surface area contributed by atoms with Crippen LogP contribution in [0.1, 0.15) is 362 Å². The molecule has 17 nitrogen and oxygen atoms in total. The molecule has 0 saturated heterocycles. The fourth-order valence-electron chi connectivity index (χ4n) is 10.7. The maximum absolute atomic E-state index is 13.1. The smallest absolute Gasteiger partial charge is 0.462 e. The van der Waals surface area contributed by atoms with Crippen LogP contribution in [0, 0.1) is 0 Å². The molecule has 2 unspecified atom stereocenters. The lowest BCUT2D eigenvalue weighted by Gasteiger charge is -2.21. The minimum Gasteiger partial charge on any atom is -0.462 e. The molecule has 5 atom stereocenters. The van der Waals surface area contributed by atoms with Crippen LogP contribution in [-0.2, 0) is 65.4 Å². The first kappa shape index (κ1) is 93.0. The molecule has 0 heterocycles. The highest BCUT2D eigenvalue weighted by atomic mass is 31.2. The molecule has 0 aliphatic heterocycles. The molecule has 0 fully saturated rings. The Kier molecular flexibility index (Phi) is 68.3. The second kappa shape index (κ2) is 70.5. The number of unbranched alkanes of at least 4 members (excludes halogenated alkanes) is 40. The largest absolute Gasteiger partial charge is 0.472 e. The molecule has 0 bridgehead atoms. The summed E-state index contributed by atoms with van der Waals surface area (Å²) in [5.74, 6) is -2.18. The number of hydrogen-bond donors (Lipinski definition) is 3. The van der Waals surface area contributed by atoms with E-state index >= 15 is 0 Å². The quantitative estimate of drug-likeness (QED) is 0.0169. The molecular weight excluding hydrogens is 1260 g/mol. The summed E-state index contributed by atoms with van der Waals surface area (Å²) in [6.07, 6.45) is 66.6. The number of phosphoric acid groups is 2. The first-order chi connectivity index (χ1) is 46.7. The fourth-order valence-corrected chi connectivity index (χ4v) is 12.3. The Morgan fingerprint density at radius 3 is 0.729 bits per heavy atom. The standard InChI is InChI=1S/C77H142O17P2/c1-5-9-13-17-21-25-29-33-35-39-41-45-49-53-57-61-74(79)87-67-72(93-76(81)63-59-55-51-47-43-37-31-27-23-19-15-11-7-3)69-91-95(83,84)89-65-71(78)66-90-96(85,86)92-70-73(94-77(82)64-60-56-52-48-44-38-32-28-24-20-16-12-8-4)68-88-75(80)62-58-54-50-46-42-40-36-34-30-26-22-18-14-10-6-2/h25,27-29,31-32,34,36,71-73,78H,5-24,26,30,33,35,37-70H2,1-4H3,(H,83,84)(H,85,86)/b29-25-,31-27-,32-28-,36-34-/t71-,72+,73+/m0/s1. The Bertz CT molecular complexity index is 2010. The van der Waals surface area contributed by atoms with Gasteiger partial charge < -0.3 is 33.8 Å². The monoisotopic (exact) mass is 1400 g/mol. The molecule has 562 valence electrons. The Balaban J connectivity index is 5.32. The van der Waals surface area contributed by atoms with Crippen LogP contribution in [0.25, 0.3) is 0 Å². The molecule has 19 heteroatoms. The highest BCUT2D eigenvalue weighted by molar-refractivity contribution is 7.47. The summed E-state index contributed by atoms with van der Waals surface area (Å²) in [5, 5.41) is 10.6. The van der Waals surface area contributed by atoms with Crippen LogP contribution in [0.5, 0.6) is 0 Å². The SMILES string of the molecule is CCCCCC/C=C\CCCCCCCCCC(=O)OC[C@H](COP(=O)(O)OC[C@H](O)COP(=O)(O)OC[C@@H](COC(=O)CCCCCCC/C=C\CCCCCCCC)OC(=O)CCCCCCC/C=C\CCCCCC)OC(=O)CCCCCCC/C=C\CCCCCC. The van der Waals surface area contributed by atoms with Crippen LogP contribution in [0.2, 0.25) is 0 Å². The zero-order valence-corrected chi connectivity index (χ0v) is 63.1. The van der Waals surface area contributed by atoms with Gasteiger partial charge in [-0.3, -0.25) is 37.3 Å². The van der Waals surface area contributed by atoms with E-state index in [0.717, 1.165) is 154 Å². The zero-order chi connectivity index (χ0) is 70.4.